The molecule has 0 fully saturated rings. The second kappa shape index (κ2) is 5.29. The van der Waals surface area contributed by atoms with Gasteiger partial charge in [-0.1, -0.05) is 0 Å². The molecule has 1 aromatic carbocycles. The molecule has 0 radical (unpaired) electrons. The maximum absolute atomic E-state index is 10.2. The fraction of sp³-hybridized carbons (Fsp3) is 0.538. The third-order valence-corrected chi connectivity index (χ3v) is 4.11. The van der Waals surface area contributed by atoms with E-state index in [2.05, 4.69) is 0 Å². The molecule has 1 aliphatic rings. The highest BCUT2D eigenvalue weighted by molar-refractivity contribution is 7.98. The molecule has 4 heteroatoms. The highest BCUT2D eigenvalue weighted by Crippen LogP contribution is 2.36. The SMILES string of the molecule is COc1cc2c(cc1SC)C(O)C(N)CCC2. The van der Waals surface area contributed by atoms with Crippen LogP contribution in [0.15, 0.2) is 17.0 Å². The monoisotopic (exact) mass is 253 g/mol. The Morgan fingerprint density at radius 1 is 1.47 bits per heavy atom. The van der Waals surface area contributed by atoms with Gasteiger partial charge in [-0.15, -0.1) is 11.8 Å². The van der Waals surface area contributed by atoms with Crippen molar-refractivity contribution in [2.75, 3.05) is 13.4 Å². The van der Waals surface area contributed by atoms with Crippen LogP contribution in [0, 0.1) is 0 Å². The summed E-state index contributed by atoms with van der Waals surface area (Å²) in [5.41, 5.74) is 8.11. The Labute approximate surface area is 106 Å². The first-order valence-electron chi connectivity index (χ1n) is 5.85. The predicted molar refractivity (Wildman–Crippen MR) is 70.6 cm³/mol. The number of benzene rings is 1. The van der Waals surface area contributed by atoms with Crippen LogP contribution >= 0.6 is 11.8 Å². The lowest BCUT2D eigenvalue weighted by molar-refractivity contribution is 0.144. The normalized spacial score (nSPS) is 24.0. The molecule has 0 amide bonds. The molecule has 1 aromatic rings. The minimum atomic E-state index is -0.552. The van der Waals surface area contributed by atoms with Crippen molar-refractivity contribution in [3.05, 3.63) is 23.3 Å². The number of fused-ring (bicyclic) bond motifs is 1. The Hall–Kier alpha value is -0.710. The predicted octanol–water partition coefficient (Wildman–Crippen LogP) is 2.11. The zero-order valence-corrected chi connectivity index (χ0v) is 11.1. The lowest BCUT2D eigenvalue weighted by Gasteiger charge is -2.19. The van der Waals surface area contributed by atoms with Gasteiger partial charge in [0.05, 0.1) is 13.2 Å². The van der Waals surface area contributed by atoms with Crippen LogP contribution in [0.1, 0.15) is 30.1 Å². The molecule has 0 aliphatic heterocycles. The van der Waals surface area contributed by atoms with Gasteiger partial charge in [-0.05, 0) is 48.8 Å². The van der Waals surface area contributed by atoms with Crippen LogP contribution < -0.4 is 10.5 Å². The van der Waals surface area contributed by atoms with Crippen molar-refractivity contribution in [2.45, 2.75) is 36.3 Å². The summed E-state index contributed by atoms with van der Waals surface area (Å²) in [6, 6.07) is 3.91. The number of thioether (sulfide) groups is 1. The molecule has 2 unspecified atom stereocenters. The summed E-state index contributed by atoms with van der Waals surface area (Å²) in [5.74, 6) is 0.888. The summed E-state index contributed by atoms with van der Waals surface area (Å²) in [4.78, 5) is 1.06. The quantitative estimate of drug-likeness (QED) is 0.626. The molecule has 2 rings (SSSR count). The Balaban J connectivity index is 2.49. The molecule has 0 saturated carbocycles. The third-order valence-electron chi connectivity index (χ3n) is 3.35. The van der Waals surface area contributed by atoms with E-state index < -0.39 is 6.10 Å². The average molecular weight is 253 g/mol. The lowest BCUT2D eigenvalue weighted by Crippen LogP contribution is -2.27. The fourth-order valence-electron chi connectivity index (χ4n) is 2.35. The molecular formula is C13H19NO2S. The minimum absolute atomic E-state index is 0.153. The summed E-state index contributed by atoms with van der Waals surface area (Å²) in [7, 11) is 1.68. The summed E-state index contributed by atoms with van der Waals surface area (Å²) < 4.78 is 5.37. The molecule has 0 bridgehead atoms. The Morgan fingerprint density at radius 3 is 2.88 bits per heavy atom. The van der Waals surface area contributed by atoms with E-state index in [9.17, 15) is 5.11 Å². The van der Waals surface area contributed by atoms with Crippen molar-refractivity contribution in [3.63, 3.8) is 0 Å². The van der Waals surface area contributed by atoms with Gasteiger partial charge < -0.3 is 15.6 Å². The van der Waals surface area contributed by atoms with E-state index >= 15 is 0 Å². The first-order valence-corrected chi connectivity index (χ1v) is 7.08. The van der Waals surface area contributed by atoms with Gasteiger partial charge >= 0.3 is 0 Å². The molecule has 3 N–H and O–H groups in total. The lowest BCUT2D eigenvalue weighted by atomic mass is 9.99. The number of rotatable bonds is 2. The van der Waals surface area contributed by atoms with Crippen molar-refractivity contribution in [1.29, 1.82) is 0 Å². The zero-order chi connectivity index (χ0) is 12.4. The van der Waals surface area contributed by atoms with Crippen LogP contribution in [-0.2, 0) is 6.42 Å². The molecule has 0 aromatic heterocycles. The summed E-state index contributed by atoms with van der Waals surface area (Å²) >= 11 is 1.63. The zero-order valence-electron chi connectivity index (χ0n) is 10.3. The maximum atomic E-state index is 10.2. The van der Waals surface area contributed by atoms with Crippen LogP contribution in [0.4, 0.5) is 0 Å². The molecule has 94 valence electrons. The van der Waals surface area contributed by atoms with Gasteiger partial charge in [0.15, 0.2) is 0 Å². The number of aliphatic hydroxyl groups excluding tert-OH is 1. The average Bonchev–Trinajstić information content (AvgIpc) is 2.48. The van der Waals surface area contributed by atoms with E-state index in [1.807, 2.05) is 18.4 Å². The van der Waals surface area contributed by atoms with E-state index in [1.54, 1.807) is 18.9 Å². The number of hydrogen-bond donors (Lipinski definition) is 2. The van der Waals surface area contributed by atoms with Gasteiger partial charge in [0.2, 0.25) is 0 Å². The van der Waals surface area contributed by atoms with Crippen molar-refractivity contribution in [2.24, 2.45) is 5.73 Å². The number of hydrogen-bond acceptors (Lipinski definition) is 4. The summed E-state index contributed by atoms with van der Waals surface area (Å²) in [6.07, 6.45) is 4.31. The minimum Gasteiger partial charge on any atom is -0.496 e. The molecule has 3 nitrogen and oxygen atoms in total. The van der Waals surface area contributed by atoms with Crippen LogP contribution in [0.25, 0.3) is 0 Å². The van der Waals surface area contributed by atoms with Crippen molar-refractivity contribution < 1.29 is 9.84 Å². The van der Waals surface area contributed by atoms with Crippen molar-refractivity contribution in [1.82, 2.24) is 0 Å². The fourth-order valence-corrected chi connectivity index (χ4v) is 2.93. The van der Waals surface area contributed by atoms with Crippen LogP contribution in [-0.4, -0.2) is 24.5 Å². The second-order valence-corrected chi connectivity index (χ2v) is 5.26. The number of ether oxygens (including phenoxy) is 1. The topological polar surface area (TPSA) is 55.5 Å². The van der Waals surface area contributed by atoms with Crippen molar-refractivity contribution >= 4 is 11.8 Å². The van der Waals surface area contributed by atoms with E-state index in [0.717, 1.165) is 35.5 Å². The Kier molecular flexibility index (Phi) is 3.97. The number of aryl methyl sites for hydroxylation is 1. The molecule has 0 heterocycles. The highest BCUT2D eigenvalue weighted by Gasteiger charge is 2.24. The van der Waals surface area contributed by atoms with Gasteiger partial charge in [-0.25, -0.2) is 0 Å². The molecular weight excluding hydrogens is 234 g/mol. The molecule has 1 aliphatic carbocycles. The van der Waals surface area contributed by atoms with E-state index in [1.165, 1.54) is 5.56 Å². The molecule has 0 spiro atoms. The Bertz CT molecular complexity index is 409. The molecule has 0 saturated heterocycles. The molecule has 2 atom stereocenters. The standard InChI is InChI=1S/C13H19NO2S/c1-16-11-6-8-4-3-5-10(14)13(15)9(8)7-12(11)17-2/h6-7,10,13,15H,3-5,14H2,1-2H3. The van der Waals surface area contributed by atoms with Crippen molar-refractivity contribution in [3.8, 4) is 5.75 Å². The second-order valence-electron chi connectivity index (χ2n) is 4.41. The summed E-state index contributed by atoms with van der Waals surface area (Å²) in [6.45, 7) is 0. The summed E-state index contributed by atoms with van der Waals surface area (Å²) in [5, 5.41) is 10.2. The number of nitrogens with two attached hydrogens (primary N) is 1. The van der Waals surface area contributed by atoms with E-state index in [4.69, 9.17) is 10.5 Å². The number of aliphatic hydroxyl groups is 1. The van der Waals surface area contributed by atoms with Gasteiger partial charge in [-0.2, -0.15) is 0 Å². The number of methoxy groups -OCH3 is 1. The van der Waals surface area contributed by atoms with Gasteiger partial charge in [0.1, 0.15) is 5.75 Å². The van der Waals surface area contributed by atoms with Gasteiger partial charge in [0, 0.05) is 10.9 Å². The first kappa shape index (κ1) is 12.7. The van der Waals surface area contributed by atoms with Crippen LogP contribution in [0.5, 0.6) is 5.75 Å². The van der Waals surface area contributed by atoms with Gasteiger partial charge in [0.25, 0.3) is 0 Å². The maximum Gasteiger partial charge on any atom is 0.132 e. The van der Waals surface area contributed by atoms with Crippen LogP contribution in [0.2, 0.25) is 0 Å². The molecule has 17 heavy (non-hydrogen) atoms. The smallest absolute Gasteiger partial charge is 0.132 e. The largest absolute Gasteiger partial charge is 0.496 e. The first-order chi connectivity index (χ1) is 8.17. The van der Waals surface area contributed by atoms with E-state index in [-0.39, 0.29) is 6.04 Å². The highest BCUT2D eigenvalue weighted by atomic mass is 32.2. The van der Waals surface area contributed by atoms with E-state index in [0.29, 0.717) is 0 Å². The van der Waals surface area contributed by atoms with Gasteiger partial charge in [-0.3, -0.25) is 0 Å². The Morgan fingerprint density at radius 2 is 2.24 bits per heavy atom. The van der Waals surface area contributed by atoms with Crippen LogP contribution in [0.3, 0.4) is 0 Å². The third kappa shape index (κ3) is 2.44.